The largest absolute Gasteiger partial charge is 0.479 e. The maximum absolute atomic E-state index is 13.1. The predicted molar refractivity (Wildman–Crippen MR) is 103 cm³/mol. The molecule has 158 valence electrons. The SMILES string of the molecule is Cc1c(-c2cc(O[C@@H](C)C(F)(F)F)c3c(C#N)cnn3c2)cnn1C1CCNCC1. The molecule has 3 aromatic rings. The maximum Gasteiger partial charge on any atom is 0.425 e. The van der Waals surface area contributed by atoms with Crippen LogP contribution in [0.3, 0.4) is 0 Å². The van der Waals surface area contributed by atoms with Gasteiger partial charge in [-0.05, 0) is 45.8 Å². The van der Waals surface area contributed by atoms with E-state index in [0.717, 1.165) is 44.1 Å². The topological polar surface area (TPSA) is 80.2 Å². The van der Waals surface area contributed by atoms with E-state index in [0.29, 0.717) is 5.56 Å². The van der Waals surface area contributed by atoms with Gasteiger partial charge in [0.25, 0.3) is 0 Å². The Balaban J connectivity index is 1.79. The number of nitrogens with one attached hydrogen (secondary N) is 1. The van der Waals surface area contributed by atoms with Crippen molar-refractivity contribution in [2.24, 2.45) is 0 Å². The number of ether oxygens (including phenoxy) is 1. The van der Waals surface area contributed by atoms with Crippen LogP contribution >= 0.6 is 0 Å². The highest BCUT2D eigenvalue weighted by atomic mass is 19.4. The number of nitrogens with zero attached hydrogens (tertiary/aromatic N) is 5. The van der Waals surface area contributed by atoms with Gasteiger partial charge >= 0.3 is 6.18 Å². The first-order valence-corrected chi connectivity index (χ1v) is 9.69. The minimum absolute atomic E-state index is 0.0413. The second-order valence-electron chi connectivity index (χ2n) is 7.43. The van der Waals surface area contributed by atoms with Crippen LogP contribution in [0.15, 0.2) is 24.7 Å². The third kappa shape index (κ3) is 3.61. The summed E-state index contributed by atoms with van der Waals surface area (Å²) in [5.41, 5.74) is 2.68. The van der Waals surface area contributed by atoms with Crippen molar-refractivity contribution in [3.05, 3.63) is 35.9 Å². The monoisotopic (exact) mass is 418 g/mol. The molecule has 0 spiro atoms. The summed E-state index contributed by atoms with van der Waals surface area (Å²) in [5, 5.41) is 21.3. The highest BCUT2D eigenvalue weighted by Gasteiger charge is 2.38. The molecule has 10 heteroatoms. The van der Waals surface area contributed by atoms with Crippen LogP contribution in [0.2, 0.25) is 0 Å². The smallest absolute Gasteiger partial charge is 0.425 e. The Kier molecular flexibility index (Phi) is 5.15. The molecule has 1 fully saturated rings. The third-order valence-electron chi connectivity index (χ3n) is 5.47. The molecular formula is C20H21F3N6O. The average molecular weight is 418 g/mol. The average Bonchev–Trinajstić information content (AvgIpc) is 3.31. The highest BCUT2D eigenvalue weighted by molar-refractivity contribution is 5.76. The second-order valence-corrected chi connectivity index (χ2v) is 7.43. The van der Waals surface area contributed by atoms with Gasteiger partial charge in [0.05, 0.1) is 18.4 Å². The van der Waals surface area contributed by atoms with E-state index >= 15 is 0 Å². The number of pyridine rings is 1. The van der Waals surface area contributed by atoms with Crippen molar-refractivity contribution in [2.45, 2.75) is 45.0 Å². The number of piperidine rings is 1. The zero-order valence-electron chi connectivity index (χ0n) is 16.6. The normalized spacial score (nSPS) is 16.5. The Hall–Kier alpha value is -3.06. The molecule has 1 atom stereocenters. The molecule has 1 aliphatic rings. The predicted octanol–water partition coefficient (Wildman–Crippen LogP) is 3.63. The highest BCUT2D eigenvalue weighted by Crippen LogP contribution is 2.35. The minimum Gasteiger partial charge on any atom is -0.479 e. The third-order valence-corrected chi connectivity index (χ3v) is 5.47. The lowest BCUT2D eigenvalue weighted by Crippen LogP contribution is -2.31. The molecule has 1 N–H and O–H groups in total. The Morgan fingerprint density at radius 1 is 1.27 bits per heavy atom. The van der Waals surface area contributed by atoms with E-state index < -0.39 is 12.3 Å². The lowest BCUT2D eigenvalue weighted by molar-refractivity contribution is -0.189. The number of hydrogen-bond acceptors (Lipinski definition) is 5. The summed E-state index contributed by atoms with van der Waals surface area (Å²) in [5.74, 6) is -0.0413. The van der Waals surface area contributed by atoms with Gasteiger partial charge in [-0.1, -0.05) is 0 Å². The Labute approximate surface area is 171 Å². The van der Waals surface area contributed by atoms with Crippen LogP contribution in [0, 0.1) is 18.3 Å². The summed E-state index contributed by atoms with van der Waals surface area (Å²) in [6.07, 6.45) is 0.0660. The van der Waals surface area contributed by atoms with Gasteiger partial charge in [0, 0.05) is 23.0 Å². The van der Waals surface area contributed by atoms with Crippen molar-refractivity contribution in [1.82, 2.24) is 24.7 Å². The number of hydrogen-bond donors (Lipinski definition) is 1. The molecule has 0 bridgehead atoms. The van der Waals surface area contributed by atoms with Crippen LogP contribution < -0.4 is 10.1 Å². The first-order chi connectivity index (χ1) is 14.3. The summed E-state index contributed by atoms with van der Waals surface area (Å²) in [4.78, 5) is 0. The molecular weight excluding hydrogens is 397 g/mol. The Bertz CT molecular complexity index is 1100. The molecule has 3 aromatic heterocycles. The van der Waals surface area contributed by atoms with E-state index in [1.165, 1.54) is 16.8 Å². The number of alkyl halides is 3. The van der Waals surface area contributed by atoms with Crippen LogP contribution in [0.1, 0.15) is 37.1 Å². The van der Waals surface area contributed by atoms with Crippen LogP contribution in [0.25, 0.3) is 16.6 Å². The molecule has 1 saturated heterocycles. The molecule has 0 saturated carbocycles. The lowest BCUT2D eigenvalue weighted by atomic mass is 10.1. The van der Waals surface area contributed by atoms with Gasteiger partial charge in [-0.3, -0.25) is 4.68 Å². The standard InChI is InChI=1S/C20H21F3N6O/c1-12-17(10-27-29(12)16-3-5-25-6-4-16)14-7-18(30-13(2)20(21,22)23)19-15(8-24)9-26-28(19)11-14/h7,9-11,13,16,25H,3-6H2,1-2H3/t13-/m0/s1. The molecule has 4 heterocycles. The summed E-state index contributed by atoms with van der Waals surface area (Å²) in [6.45, 7) is 4.72. The van der Waals surface area contributed by atoms with Crippen LogP contribution in [-0.2, 0) is 0 Å². The zero-order valence-corrected chi connectivity index (χ0v) is 16.6. The van der Waals surface area contributed by atoms with E-state index in [1.54, 1.807) is 12.4 Å². The van der Waals surface area contributed by atoms with Gasteiger partial charge in [0.15, 0.2) is 6.10 Å². The van der Waals surface area contributed by atoms with Crippen LogP contribution in [0.5, 0.6) is 5.75 Å². The van der Waals surface area contributed by atoms with Crippen molar-refractivity contribution in [1.29, 1.82) is 5.26 Å². The summed E-state index contributed by atoms with van der Waals surface area (Å²) in [7, 11) is 0. The van der Waals surface area contributed by atoms with E-state index in [9.17, 15) is 18.4 Å². The number of fused-ring (bicyclic) bond motifs is 1. The Morgan fingerprint density at radius 3 is 2.67 bits per heavy atom. The molecule has 30 heavy (non-hydrogen) atoms. The summed E-state index contributed by atoms with van der Waals surface area (Å²) < 4.78 is 47.9. The lowest BCUT2D eigenvalue weighted by Gasteiger charge is -2.24. The first-order valence-electron chi connectivity index (χ1n) is 9.69. The second kappa shape index (κ2) is 7.65. The molecule has 0 amide bonds. The summed E-state index contributed by atoms with van der Waals surface area (Å²) >= 11 is 0. The van der Waals surface area contributed by atoms with Gasteiger partial charge in [-0.15, -0.1) is 0 Å². The molecule has 1 aliphatic heterocycles. The number of aromatic nitrogens is 4. The van der Waals surface area contributed by atoms with Crippen molar-refractivity contribution < 1.29 is 17.9 Å². The van der Waals surface area contributed by atoms with Crippen LogP contribution in [0.4, 0.5) is 13.2 Å². The first kappa shape index (κ1) is 20.2. The molecule has 0 unspecified atom stereocenters. The van der Waals surface area contributed by atoms with Crippen LogP contribution in [-0.4, -0.2) is 44.8 Å². The fourth-order valence-corrected chi connectivity index (χ4v) is 3.79. The van der Waals surface area contributed by atoms with Gasteiger partial charge < -0.3 is 10.1 Å². The number of halogens is 3. The Morgan fingerprint density at radius 2 is 2.00 bits per heavy atom. The molecule has 4 rings (SSSR count). The van der Waals surface area contributed by atoms with Crippen molar-refractivity contribution in [2.75, 3.05) is 13.1 Å². The zero-order chi connectivity index (χ0) is 21.5. The molecule has 0 radical (unpaired) electrons. The van der Waals surface area contributed by atoms with Gasteiger partial charge in [-0.2, -0.15) is 28.6 Å². The van der Waals surface area contributed by atoms with Gasteiger partial charge in [0.2, 0.25) is 0 Å². The fourth-order valence-electron chi connectivity index (χ4n) is 3.79. The van der Waals surface area contributed by atoms with Gasteiger partial charge in [0.1, 0.15) is 22.9 Å². The van der Waals surface area contributed by atoms with Gasteiger partial charge in [-0.25, -0.2) is 4.52 Å². The molecule has 0 aromatic carbocycles. The molecule has 0 aliphatic carbocycles. The molecule has 7 nitrogen and oxygen atoms in total. The van der Waals surface area contributed by atoms with E-state index in [2.05, 4.69) is 15.5 Å². The van der Waals surface area contributed by atoms with Crippen molar-refractivity contribution in [3.8, 4) is 22.9 Å². The fraction of sp³-hybridized carbons (Fsp3) is 0.450. The maximum atomic E-state index is 13.1. The van der Waals surface area contributed by atoms with E-state index in [-0.39, 0.29) is 22.9 Å². The van der Waals surface area contributed by atoms with Crippen molar-refractivity contribution in [3.63, 3.8) is 0 Å². The minimum atomic E-state index is -4.53. The summed E-state index contributed by atoms with van der Waals surface area (Å²) in [6, 6.07) is 3.76. The van der Waals surface area contributed by atoms with Crippen molar-refractivity contribution >= 4 is 5.52 Å². The van der Waals surface area contributed by atoms with E-state index in [1.807, 2.05) is 17.7 Å². The number of rotatable bonds is 4. The number of nitriles is 1. The van der Waals surface area contributed by atoms with E-state index in [4.69, 9.17) is 4.74 Å². The quantitative estimate of drug-likeness (QED) is 0.700.